The number of amides is 1. The van der Waals surface area contributed by atoms with Gasteiger partial charge in [-0.2, -0.15) is 0 Å². The second-order valence-corrected chi connectivity index (χ2v) is 7.75. The van der Waals surface area contributed by atoms with Crippen LogP contribution in [0.4, 0.5) is 0 Å². The first-order chi connectivity index (χ1) is 14.7. The lowest BCUT2D eigenvalue weighted by molar-refractivity contribution is 0.0579. The largest absolute Gasteiger partial charge is 0.335 e. The fourth-order valence-electron chi connectivity index (χ4n) is 4.13. The van der Waals surface area contributed by atoms with Crippen molar-refractivity contribution in [3.05, 3.63) is 78.6 Å². The summed E-state index contributed by atoms with van der Waals surface area (Å²) >= 11 is 0. The quantitative estimate of drug-likeness (QED) is 0.606. The molecule has 1 aliphatic heterocycles. The Labute approximate surface area is 178 Å². The van der Waals surface area contributed by atoms with E-state index in [1.165, 1.54) is 0 Å². The Hall–Kier alpha value is -2.99. The number of aromatic nitrogens is 3. The second-order valence-electron chi connectivity index (χ2n) is 7.75. The normalized spacial score (nSPS) is 15.2. The number of rotatable bonds is 7. The zero-order valence-corrected chi connectivity index (χ0v) is 17.5. The molecule has 0 radical (unpaired) electrons. The Bertz CT molecular complexity index is 916. The monoisotopic (exact) mass is 403 g/mol. The fraction of sp³-hybridized carbons (Fsp3) is 0.375. The summed E-state index contributed by atoms with van der Waals surface area (Å²) in [7, 11) is 0. The van der Waals surface area contributed by atoms with Crippen molar-refractivity contribution in [3.63, 3.8) is 0 Å². The van der Waals surface area contributed by atoms with E-state index in [1.807, 2.05) is 59.4 Å². The standard InChI is InChI=1S/C24H29N5O/c1-2-27-15-11-23(12-16-27)29(17-10-21-5-3-4-13-26-21)24(30)20-6-8-22(9-7-20)28-18-14-25-19-28/h3-9,13-14,18-19,23H,2,10-12,15-17H2,1H3. The van der Waals surface area contributed by atoms with Crippen molar-refractivity contribution in [1.82, 2.24) is 24.3 Å². The first-order valence-electron chi connectivity index (χ1n) is 10.8. The molecule has 3 aromatic rings. The molecule has 156 valence electrons. The zero-order chi connectivity index (χ0) is 20.8. The van der Waals surface area contributed by atoms with Gasteiger partial charge in [-0.15, -0.1) is 0 Å². The van der Waals surface area contributed by atoms with Gasteiger partial charge in [0.25, 0.3) is 5.91 Å². The molecule has 0 unspecified atom stereocenters. The molecule has 0 aliphatic carbocycles. The van der Waals surface area contributed by atoms with Crippen LogP contribution in [0.15, 0.2) is 67.4 Å². The Morgan fingerprint density at radius 1 is 1.10 bits per heavy atom. The van der Waals surface area contributed by atoms with E-state index in [9.17, 15) is 4.79 Å². The van der Waals surface area contributed by atoms with E-state index >= 15 is 0 Å². The molecule has 0 N–H and O–H groups in total. The van der Waals surface area contributed by atoms with Gasteiger partial charge in [0.1, 0.15) is 0 Å². The molecule has 1 saturated heterocycles. The molecule has 6 heteroatoms. The Morgan fingerprint density at radius 2 is 1.90 bits per heavy atom. The first-order valence-corrected chi connectivity index (χ1v) is 10.8. The van der Waals surface area contributed by atoms with Crippen molar-refractivity contribution < 1.29 is 4.79 Å². The van der Waals surface area contributed by atoms with Crippen molar-refractivity contribution in [2.75, 3.05) is 26.2 Å². The van der Waals surface area contributed by atoms with Crippen LogP contribution in [0.1, 0.15) is 35.8 Å². The number of carbonyl (C=O) groups is 1. The third-order valence-corrected chi connectivity index (χ3v) is 5.96. The van der Waals surface area contributed by atoms with Gasteiger partial charge in [0.15, 0.2) is 0 Å². The Kier molecular flexibility index (Phi) is 6.54. The number of benzene rings is 1. The molecule has 0 atom stereocenters. The molecule has 6 nitrogen and oxygen atoms in total. The number of pyridine rings is 1. The minimum atomic E-state index is 0.109. The maximum atomic E-state index is 13.5. The van der Waals surface area contributed by atoms with E-state index in [0.717, 1.165) is 55.8 Å². The van der Waals surface area contributed by atoms with Crippen molar-refractivity contribution in [2.24, 2.45) is 0 Å². The molecule has 0 spiro atoms. The van der Waals surface area contributed by atoms with Crippen LogP contribution in [-0.2, 0) is 6.42 Å². The number of likely N-dealkylation sites (tertiary alicyclic amines) is 1. The molecule has 0 saturated carbocycles. The SMILES string of the molecule is CCN1CCC(N(CCc2ccccn2)C(=O)c2ccc(-n3ccnc3)cc2)CC1. The number of nitrogens with zero attached hydrogens (tertiary/aromatic N) is 5. The van der Waals surface area contributed by atoms with Gasteiger partial charge >= 0.3 is 0 Å². The van der Waals surface area contributed by atoms with Crippen LogP contribution in [0.3, 0.4) is 0 Å². The minimum absolute atomic E-state index is 0.109. The van der Waals surface area contributed by atoms with Crippen LogP contribution in [0.2, 0.25) is 0 Å². The summed E-state index contributed by atoms with van der Waals surface area (Å²) in [6.07, 6.45) is 10.0. The average Bonchev–Trinajstić information content (AvgIpc) is 3.35. The van der Waals surface area contributed by atoms with Crippen LogP contribution in [0.5, 0.6) is 0 Å². The molecule has 2 aromatic heterocycles. The van der Waals surface area contributed by atoms with E-state index in [2.05, 4.69) is 26.7 Å². The average molecular weight is 404 g/mol. The molecule has 0 bridgehead atoms. The van der Waals surface area contributed by atoms with Crippen LogP contribution < -0.4 is 0 Å². The van der Waals surface area contributed by atoms with Crippen molar-refractivity contribution >= 4 is 5.91 Å². The summed E-state index contributed by atoms with van der Waals surface area (Å²) < 4.78 is 1.94. The first kappa shape index (κ1) is 20.3. The lowest BCUT2D eigenvalue weighted by Crippen LogP contribution is -2.48. The smallest absolute Gasteiger partial charge is 0.254 e. The summed E-state index contributed by atoms with van der Waals surface area (Å²) in [5, 5.41) is 0. The van der Waals surface area contributed by atoms with Gasteiger partial charge in [0.2, 0.25) is 0 Å². The minimum Gasteiger partial charge on any atom is -0.335 e. The third kappa shape index (κ3) is 4.76. The molecular weight excluding hydrogens is 374 g/mol. The number of imidazole rings is 1. The predicted octanol–water partition coefficient (Wildman–Crippen LogP) is 3.44. The maximum Gasteiger partial charge on any atom is 0.254 e. The van der Waals surface area contributed by atoms with Crippen molar-refractivity contribution in [1.29, 1.82) is 0 Å². The summed E-state index contributed by atoms with van der Waals surface area (Å²) in [6.45, 7) is 6.06. The van der Waals surface area contributed by atoms with Crippen LogP contribution >= 0.6 is 0 Å². The lowest BCUT2D eigenvalue weighted by atomic mass is 10.0. The van der Waals surface area contributed by atoms with Crippen molar-refractivity contribution in [2.45, 2.75) is 32.2 Å². The maximum absolute atomic E-state index is 13.5. The highest BCUT2D eigenvalue weighted by Gasteiger charge is 2.28. The zero-order valence-electron chi connectivity index (χ0n) is 17.5. The van der Waals surface area contributed by atoms with Gasteiger partial charge in [0.05, 0.1) is 6.33 Å². The fourth-order valence-corrected chi connectivity index (χ4v) is 4.13. The number of carbonyl (C=O) groups excluding carboxylic acids is 1. The number of hydrogen-bond donors (Lipinski definition) is 0. The van der Waals surface area contributed by atoms with Gasteiger partial charge in [-0.25, -0.2) is 4.98 Å². The molecule has 1 fully saturated rings. The molecule has 1 aromatic carbocycles. The van der Waals surface area contributed by atoms with E-state index < -0.39 is 0 Å². The van der Waals surface area contributed by atoms with E-state index in [1.54, 1.807) is 12.5 Å². The number of hydrogen-bond acceptors (Lipinski definition) is 4. The highest BCUT2D eigenvalue weighted by molar-refractivity contribution is 5.94. The van der Waals surface area contributed by atoms with E-state index in [0.29, 0.717) is 6.54 Å². The summed E-state index contributed by atoms with van der Waals surface area (Å²) in [6, 6.07) is 14.0. The van der Waals surface area contributed by atoms with Gasteiger partial charge < -0.3 is 14.4 Å². The number of piperidine rings is 1. The van der Waals surface area contributed by atoms with Crippen molar-refractivity contribution in [3.8, 4) is 5.69 Å². The van der Waals surface area contributed by atoms with E-state index in [-0.39, 0.29) is 11.9 Å². The molecule has 1 amide bonds. The lowest BCUT2D eigenvalue weighted by Gasteiger charge is -2.38. The van der Waals surface area contributed by atoms with Crippen LogP contribution in [-0.4, -0.2) is 62.5 Å². The highest BCUT2D eigenvalue weighted by atomic mass is 16.2. The summed E-state index contributed by atoms with van der Waals surface area (Å²) in [5.41, 5.74) is 2.76. The van der Waals surface area contributed by atoms with Gasteiger partial charge in [-0.05, 0) is 55.8 Å². The molecule has 4 rings (SSSR count). The van der Waals surface area contributed by atoms with Gasteiger partial charge in [-0.3, -0.25) is 9.78 Å². The third-order valence-electron chi connectivity index (χ3n) is 5.96. The molecule has 30 heavy (non-hydrogen) atoms. The Balaban J connectivity index is 1.50. The van der Waals surface area contributed by atoms with Crippen LogP contribution in [0, 0.1) is 0 Å². The van der Waals surface area contributed by atoms with E-state index in [4.69, 9.17) is 0 Å². The summed E-state index contributed by atoms with van der Waals surface area (Å²) in [5.74, 6) is 0.109. The second kappa shape index (κ2) is 9.67. The summed E-state index contributed by atoms with van der Waals surface area (Å²) in [4.78, 5) is 26.5. The highest BCUT2D eigenvalue weighted by Crippen LogP contribution is 2.20. The topological polar surface area (TPSA) is 54.3 Å². The molecule has 1 aliphatic rings. The van der Waals surface area contributed by atoms with Gasteiger partial charge in [0, 0.05) is 67.6 Å². The molecule has 3 heterocycles. The predicted molar refractivity (Wildman–Crippen MR) is 118 cm³/mol. The van der Waals surface area contributed by atoms with Gasteiger partial charge in [-0.1, -0.05) is 13.0 Å². The molecular formula is C24H29N5O. The van der Waals surface area contributed by atoms with Crippen LogP contribution in [0.25, 0.3) is 5.69 Å². The Morgan fingerprint density at radius 3 is 2.53 bits per heavy atom.